The number of hydrogen-bond acceptors (Lipinski definition) is 4. The van der Waals surface area contributed by atoms with E-state index >= 15 is 0 Å². The fourth-order valence-corrected chi connectivity index (χ4v) is 1.88. The predicted octanol–water partition coefficient (Wildman–Crippen LogP) is 2.11. The van der Waals surface area contributed by atoms with Crippen molar-refractivity contribution in [2.24, 2.45) is 5.92 Å². The predicted molar refractivity (Wildman–Crippen MR) is 70.8 cm³/mol. The Labute approximate surface area is 113 Å². The maximum Gasteiger partial charge on any atom is 0.306 e. The highest BCUT2D eigenvalue weighted by molar-refractivity contribution is 5.70. The summed E-state index contributed by atoms with van der Waals surface area (Å²) in [5.41, 5.74) is 1.71. The highest BCUT2D eigenvalue weighted by atomic mass is 16.5. The monoisotopic (exact) mass is 268 g/mol. The number of rotatable bonds is 7. The van der Waals surface area contributed by atoms with Crippen LogP contribution >= 0.6 is 0 Å². The first-order valence-corrected chi connectivity index (χ1v) is 5.99. The molecule has 0 saturated heterocycles. The Morgan fingerprint density at radius 1 is 1.16 bits per heavy atom. The summed E-state index contributed by atoms with van der Waals surface area (Å²) in [5, 5.41) is 8.99. The maximum atomic E-state index is 10.9. The lowest BCUT2D eigenvalue weighted by Gasteiger charge is -2.16. The van der Waals surface area contributed by atoms with E-state index in [9.17, 15) is 4.79 Å². The molecule has 1 rings (SSSR count). The van der Waals surface area contributed by atoms with E-state index in [0.717, 1.165) is 11.1 Å². The van der Waals surface area contributed by atoms with Gasteiger partial charge in [0, 0.05) is 18.7 Å². The molecule has 106 valence electrons. The molecule has 1 aromatic rings. The van der Waals surface area contributed by atoms with Gasteiger partial charge in [-0.15, -0.1) is 0 Å². The molecule has 0 radical (unpaired) electrons. The molecular formula is C14H20O5. The van der Waals surface area contributed by atoms with Crippen molar-refractivity contribution in [2.75, 3.05) is 21.3 Å². The minimum Gasteiger partial charge on any atom is -0.496 e. The second-order valence-corrected chi connectivity index (χ2v) is 4.35. The van der Waals surface area contributed by atoms with Crippen molar-refractivity contribution in [2.45, 2.75) is 20.0 Å². The standard InChI is InChI=1S/C14H20O5/c1-9(14(15)16)5-10-6-11(8-17-2)13(19-4)7-12(10)18-3/h6-7,9H,5,8H2,1-4H3,(H,15,16). The number of ether oxygens (including phenoxy) is 3. The molecule has 5 heteroatoms. The third-order valence-electron chi connectivity index (χ3n) is 2.93. The van der Waals surface area contributed by atoms with Gasteiger partial charge < -0.3 is 19.3 Å². The Kier molecular flexibility index (Phi) is 5.63. The first kappa shape index (κ1) is 15.3. The molecule has 5 nitrogen and oxygen atoms in total. The molecule has 0 aromatic heterocycles. The molecular weight excluding hydrogens is 248 g/mol. The van der Waals surface area contributed by atoms with Gasteiger partial charge in [0.15, 0.2) is 0 Å². The molecule has 1 aromatic carbocycles. The van der Waals surface area contributed by atoms with E-state index < -0.39 is 11.9 Å². The van der Waals surface area contributed by atoms with Gasteiger partial charge >= 0.3 is 5.97 Å². The number of carbonyl (C=O) groups is 1. The minimum absolute atomic E-state index is 0.402. The van der Waals surface area contributed by atoms with Crippen LogP contribution in [0.15, 0.2) is 12.1 Å². The third-order valence-corrected chi connectivity index (χ3v) is 2.93. The minimum atomic E-state index is -0.828. The van der Waals surface area contributed by atoms with Crippen molar-refractivity contribution < 1.29 is 24.1 Å². The van der Waals surface area contributed by atoms with Gasteiger partial charge in [-0.3, -0.25) is 4.79 Å². The second kappa shape index (κ2) is 6.99. The number of benzene rings is 1. The van der Waals surface area contributed by atoms with Crippen molar-refractivity contribution in [3.8, 4) is 11.5 Å². The van der Waals surface area contributed by atoms with Crippen LogP contribution in [0.25, 0.3) is 0 Å². The molecule has 0 aliphatic heterocycles. The van der Waals surface area contributed by atoms with E-state index in [1.54, 1.807) is 34.3 Å². The lowest BCUT2D eigenvalue weighted by atomic mass is 9.98. The van der Waals surface area contributed by atoms with Crippen LogP contribution in [0.1, 0.15) is 18.1 Å². The smallest absolute Gasteiger partial charge is 0.306 e. The zero-order chi connectivity index (χ0) is 14.4. The van der Waals surface area contributed by atoms with E-state index in [-0.39, 0.29) is 0 Å². The molecule has 19 heavy (non-hydrogen) atoms. The van der Waals surface area contributed by atoms with Crippen LogP contribution in [0.2, 0.25) is 0 Å². The summed E-state index contributed by atoms with van der Waals surface area (Å²) in [6.45, 7) is 2.07. The van der Waals surface area contributed by atoms with E-state index in [1.165, 1.54) is 0 Å². The van der Waals surface area contributed by atoms with Crippen molar-refractivity contribution in [1.29, 1.82) is 0 Å². The third kappa shape index (κ3) is 3.86. The maximum absolute atomic E-state index is 10.9. The van der Waals surface area contributed by atoms with E-state index in [1.807, 2.05) is 6.07 Å². The van der Waals surface area contributed by atoms with E-state index in [0.29, 0.717) is 24.5 Å². The zero-order valence-corrected chi connectivity index (χ0v) is 11.7. The highest BCUT2D eigenvalue weighted by Gasteiger charge is 2.17. The van der Waals surface area contributed by atoms with Crippen molar-refractivity contribution in [3.63, 3.8) is 0 Å². The molecule has 1 unspecified atom stereocenters. The quantitative estimate of drug-likeness (QED) is 0.820. The fraction of sp³-hybridized carbons (Fsp3) is 0.500. The summed E-state index contributed by atoms with van der Waals surface area (Å²) in [4.78, 5) is 10.9. The number of carboxylic acids is 1. The number of methoxy groups -OCH3 is 3. The van der Waals surface area contributed by atoms with Crippen molar-refractivity contribution in [1.82, 2.24) is 0 Å². The summed E-state index contributed by atoms with van der Waals surface area (Å²) in [5.74, 6) is -0.000849. The number of hydrogen-bond donors (Lipinski definition) is 1. The van der Waals surface area contributed by atoms with Crippen LogP contribution in [0.5, 0.6) is 11.5 Å². The molecule has 1 N–H and O–H groups in total. The van der Waals surface area contributed by atoms with Crippen LogP contribution in [-0.4, -0.2) is 32.4 Å². The topological polar surface area (TPSA) is 65.0 Å². The Balaban J connectivity index is 3.13. The second-order valence-electron chi connectivity index (χ2n) is 4.35. The van der Waals surface area contributed by atoms with Gasteiger partial charge in [0.1, 0.15) is 11.5 Å². The molecule has 0 spiro atoms. The first-order valence-electron chi connectivity index (χ1n) is 5.99. The molecule has 0 saturated carbocycles. The van der Waals surface area contributed by atoms with E-state index in [2.05, 4.69) is 0 Å². The lowest BCUT2D eigenvalue weighted by Crippen LogP contribution is -2.13. The molecule has 0 aliphatic carbocycles. The van der Waals surface area contributed by atoms with Gasteiger partial charge in [0.2, 0.25) is 0 Å². The summed E-state index contributed by atoms with van der Waals surface area (Å²) in [7, 11) is 4.73. The normalized spacial score (nSPS) is 12.0. The van der Waals surface area contributed by atoms with Crippen LogP contribution in [-0.2, 0) is 22.6 Å². The largest absolute Gasteiger partial charge is 0.496 e. The fourth-order valence-electron chi connectivity index (χ4n) is 1.88. The number of aliphatic carboxylic acids is 1. The molecule has 0 amide bonds. The van der Waals surface area contributed by atoms with Gasteiger partial charge in [-0.2, -0.15) is 0 Å². The van der Waals surface area contributed by atoms with Crippen LogP contribution in [0.3, 0.4) is 0 Å². The molecule has 0 fully saturated rings. The molecule has 1 atom stereocenters. The van der Waals surface area contributed by atoms with Gasteiger partial charge in [0.05, 0.1) is 26.7 Å². The highest BCUT2D eigenvalue weighted by Crippen LogP contribution is 2.31. The van der Waals surface area contributed by atoms with Gasteiger partial charge in [-0.25, -0.2) is 0 Å². The van der Waals surface area contributed by atoms with Gasteiger partial charge in [0.25, 0.3) is 0 Å². The van der Waals surface area contributed by atoms with Crippen LogP contribution in [0, 0.1) is 5.92 Å². The van der Waals surface area contributed by atoms with Crippen LogP contribution in [0.4, 0.5) is 0 Å². The average molecular weight is 268 g/mol. The first-order chi connectivity index (χ1) is 9.03. The van der Waals surface area contributed by atoms with E-state index in [4.69, 9.17) is 19.3 Å². The summed E-state index contributed by atoms with van der Waals surface area (Å²) >= 11 is 0. The van der Waals surface area contributed by atoms with Crippen molar-refractivity contribution >= 4 is 5.97 Å². The number of carboxylic acid groups (broad SMARTS) is 1. The Morgan fingerprint density at radius 2 is 1.74 bits per heavy atom. The SMILES string of the molecule is COCc1cc(CC(C)C(=O)O)c(OC)cc1OC. The lowest BCUT2D eigenvalue weighted by molar-refractivity contribution is -0.141. The zero-order valence-electron chi connectivity index (χ0n) is 11.7. The van der Waals surface area contributed by atoms with Gasteiger partial charge in [-0.05, 0) is 18.1 Å². The molecule has 0 bridgehead atoms. The van der Waals surface area contributed by atoms with Crippen molar-refractivity contribution in [3.05, 3.63) is 23.3 Å². The van der Waals surface area contributed by atoms with Crippen LogP contribution < -0.4 is 9.47 Å². The molecule has 0 aliphatic rings. The average Bonchev–Trinajstić information content (AvgIpc) is 2.39. The molecule has 0 heterocycles. The summed E-state index contributed by atoms with van der Waals surface area (Å²) < 4.78 is 15.7. The van der Waals surface area contributed by atoms with Gasteiger partial charge in [-0.1, -0.05) is 6.92 Å². The Bertz CT molecular complexity index is 442. The summed E-state index contributed by atoms with van der Waals surface area (Å²) in [6.07, 6.45) is 0.402. The Morgan fingerprint density at radius 3 is 2.21 bits per heavy atom. The Hall–Kier alpha value is -1.75. The summed E-state index contributed by atoms with van der Waals surface area (Å²) in [6, 6.07) is 3.64.